The number of hydrogen-bond acceptors (Lipinski definition) is 2. The van der Waals surface area contributed by atoms with Crippen molar-refractivity contribution in [3.05, 3.63) is 41.8 Å². The van der Waals surface area contributed by atoms with Gasteiger partial charge in [-0.25, -0.2) is 0 Å². The molecule has 14 heavy (non-hydrogen) atoms. The highest BCUT2D eigenvalue weighted by atomic mass is 16.5. The third kappa shape index (κ3) is 2.42. The van der Waals surface area contributed by atoms with Gasteiger partial charge in [0.1, 0.15) is 6.10 Å². The molecule has 0 amide bonds. The minimum atomic E-state index is -0.419. The summed E-state index contributed by atoms with van der Waals surface area (Å²) in [5.74, 6) is 0.995. The maximum atomic E-state index is 11.9. The number of carbonyl (C=O) groups is 1. The smallest absolute Gasteiger partial charge is 0.192 e. The van der Waals surface area contributed by atoms with E-state index < -0.39 is 6.10 Å². The molecule has 2 nitrogen and oxygen atoms in total. The number of benzene rings is 1. The standard InChI is InChI=1S/C12H15O2/c1-9(2)12(14-3)11(13)10-7-5-4-6-8-10/h4-8,12H,1-3H3. The van der Waals surface area contributed by atoms with Crippen LogP contribution in [0.4, 0.5) is 0 Å². The van der Waals surface area contributed by atoms with Gasteiger partial charge in [0, 0.05) is 18.6 Å². The van der Waals surface area contributed by atoms with Crippen LogP contribution in [0.3, 0.4) is 0 Å². The molecule has 0 aliphatic carbocycles. The summed E-state index contributed by atoms with van der Waals surface area (Å²) in [5, 5.41) is 0. The number of carbonyl (C=O) groups excluding carboxylic acids is 1. The van der Waals surface area contributed by atoms with E-state index in [1.807, 2.05) is 32.0 Å². The maximum Gasteiger partial charge on any atom is 0.192 e. The largest absolute Gasteiger partial charge is 0.373 e. The Morgan fingerprint density at radius 3 is 2.21 bits per heavy atom. The average Bonchev–Trinajstić information content (AvgIpc) is 2.19. The summed E-state index contributed by atoms with van der Waals surface area (Å²) in [6.07, 6.45) is -0.419. The van der Waals surface area contributed by atoms with E-state index in [4.69, 9.17) is 4.74 Å². The Bertz CT molecular complexity index is 290. The van der Waals surface area contributed by atoms with E-state index in [-0.39, 0.29) is 5.78 Å². The van der Waals surface area contributed by atoms with Gasteiger partial charge in [0.15, 0.2) is 5.78 Å². The van der Waals surface area contributed by atoms with Crippen LogP contribution in [0.5, 0.6) is 0 Å². The van der Waals surface area contributed by atoms with Crippen molar-refractivity contribution in [1.82, 2.24) is 0 Å². The van der Waals surface area contributed by atoms with Crippen LogP contribution in [0.15, 0.2) is 30.3 Å². The second-order valence-corrected chi connectivity index (χ2v) is 3.42. The number of ketones is 1. The molecular formula is C12H15O2. The minimum Gasteiger partial charge on any atom is -0.373 e. The first-order valence-electron chi connectivity index (χ1n) is 4.59. The molecule has 1 atom stereocenters. The normalized spacial score (nSPS) is 12.9. The highest BCUT2D eigenvalue weighted by Gasteiger charge is 2.22. The van der Waals surface area contributed by atoms with Gasteiger partial charge < -0.3 is 4.74 Å². The summed E-state index contributed by atoms with van der Waals surface area (Å²) in [5.41, 5.74) is 0.695. The molecule has 1 rings (SSSR count). The molecule has 0 aliphatic rings. The molecule has 0 heterocycles. The lowest BCUT2D eigenvalue weighted by Crippen LogP contribution is -2.27. The highest BCUT2D eigenvalue weighted by Crippen LogP contribution is 2.14. The van der Waals surface area contributed by atoms with Crippen molar-refractivity contribution < 1.29 is 9.53 Å². The van der Waals surface area contributed by atoms with Crippen LogP contribution in [-0.2, 0) is 4.74 Å². The van der Waals surface area contributed by atoms with E-state index in [9.17, 15) is 4.79 Å². The maximum absolute atomic E-state index is 11.9. The van der Waals surface area contributed by atoms with E-state index in [0.717, 1.165) is 5.92 Å². The molecule has 0 N–H and O–H groups in total. The Balaban J connectivity index is 2.84. The zero-order valence-corrected chi connectivity index (χ0v) is 8.78. The molecule has 0 fully saturated rings. The van der Waals surface area contributed by atoms with E-state index in [0.29, 0.717) is 5.56 Å². The van der Waals surface area contributed by atoms with Crippen LogP contribution in [0.1, 0.15) is 24.2 Å². The molecule has 0 saturated heterocycles. The Labute approximate surface area is 84.9 Å². The molecule has 0 saturated carbocycles. The zero-order valence-electron chi connectivity index (χ0n) is 8.78. The van der Waals surface area contributed by atoms with E-state index in [1.165, 1.54) is 0 Å². The number of ether oxygens (including phenoxy) is 1. The molecule has 1 unspecified atom stereocenters. The van der Waals surface area contributed by atoms with Gasteiger partial charge in [0.05, 0.1) is 0 Å². The molecule has 0 bridgehead atoms. The minimum absolute atomic E-state index is 0.0214. The molecule has 1 aromatic rings. The molecule has 1 radical (unpaired) electrons. The lowest BCUT2D eigenvalue weighted by atomic mass is 9.98. The van der Waals surface area contributed by atoms with Gasteiger partial charge in [-0.05, 0) is 0 Å². The number of rotatable bonds is 4. The Kier molecular flexibility index (Phi) is 3.84. The van der Waals surface area contributed by atoms with Gasteiger partial charge in [-0.15, -0.1) is 0 Å². The van der Waals surface area contributed by atoms with Crippen molar-refractivity contribution >= 4 is 5.78 Å². The lowest BCUT2D eigenvalue weighted by Gasteiger charge is -2.17. The van der Waals surface area contributed by atoms with Crippen LogP contribution in [0, 0.1) is 5.92 Å². The van der Waals surface area contributed by atoms with Crippen molar-refractivity contribution in [1.29, 1.82) is 0 Å². The van der Waals surface area contributed by atoms with Gasteiger partial charge in [-0.1, -0.05) is 44.2 Å². The fourth-order valence-corrected chi connectivity index (χ4v) is 1.36. The summed E-state index contributed by atoms with van der Waals surface area (Å²) in [6, 6.07) is 9.20. The van der Waals surface area contributed by atoms with Crippen molar-refractivity contribution in [3.63, 3.8) is 0 Å². The number of Topliss-reactive ketones (excluding diaryl/α,β-unsaturated/α-hetero) is 1. The zero-order chi connectivity index (χ0) is 10.6. The molecule has 0 spiro atoms. The summed E-state index contributed by atoms with van der Waals surface area (Å²) in [6.45, 7) is 3.80. The third-order valence-electron chi connectivity index (χ3n) is 2.06. The lowest BCUT2D eigenvalue weighted by molar-refractivity contribution is 0.0647. The molecule has 0 aliphatic heterocycles. The van der Waals surface area contributed by atoms with Gasteiger partial charge in [-0.2, -0.15) is 0 Å². The van der Waals surface area contributed by atoms with Gasteiger partial charge >= 0.3 is 0 Å². The van der Waals surface area contributed by atoms with Crippen molar-refractivity contribution in [2.24, 2.45) is 0 Å². The van der Waals surface area contributed by atoms with E-state index >= 15 is 0 Å². The summed E-state index contributed by atoms with van der Waals surface area (Å²) >= 11 is 0. The van der Waals surface area contributed by atoms with Crippen molar-refractivity contribution in [3.8, 4) is 0 Å². The molecule has 75 valence electrons. The average molecular weight is 191 g/mol. The Hall–Kier alpha value is -1.15. The molecular weight excluding hydrogens is 176 g/mol. The fraction of sp³-hybridized carbons (Fsp3) is 0.333. The monoisotopic (exact) mass is 191 g/mol. The Morgan fingerprint density at radius 1 is 1.21 bits per heavy atom. The van der Waals surface area contributed by atoms with Gasteiger partial charge in [-0.3, -0.25) is 4.79 Å². The third-order valence-corrected chi connectivity index (χ3v) is 2.06. The van der Waals surface area contributed by atoms with Crippen molar-refractivity contribution in [2.75, 3.05) is 7.11 Å². The first kappa shape index (κ1) is 10.9. The second kappa shape index (κ2) is 4.91. The summed E-state index contributed by atoms with van der Waals surface area (Å²) in [7, 11) is 1.55. The van der Waals surface area contributed by atoms with Crippen LogP contribution < -0.4 is 0 Å². The first-order chi connectivity index (χ1) is 6.66. The van der Waals surface area contributed by atoms with Crippen LogP contribution in [0.25, 0.3) is 0 Å². The van der Waals surface area contributed by atoms with Gasteiger partial charge in [0.25, 0.3) is 0 Å². The predicted molar refractivity (Wildman–Crippen MR) is 56.2 cm³/mol. The SMILES string of the molecule is COC([C](C)C)C(=O)c1ccccc1. The van der Waals surface area contributed by atoms with E-state index in [1.54, 1.807) is 19.2 Å². The van der Waals surface area contributed by atoms with Crippen LogP contribution in [-0.4, -0.2) is 19.0 Å². The Morgan fingerprint density at radius 2 is 1.79 bits per heavy atom. The number of methoxy groups -OCH3 is 1. The van der Waals surface area contributed by atoms with Gasteiger partial charge in [0.2, 0.25) is 0 Å². The highest BCUT2D eigenvalue weighted by molar-refractivity contribution is 6.00. The topological polar surface area (TPSA) is 26.3 Å². The quantitative estimate of drug-likeness (QED) is 0.683. The molecule has 2 heteroatoms. The second-order valence-electron chi connectivity index (χ2n) is 3.42. The molecule has 1 aromatic carbocycles. The number of hydrogen-bond donors (Lipinski definition) is 0. The van der Waals surface area contributed by atoms with E-state index in [2.05, 4.69) is 0 Å². The fourth-order valence-electron chi connectivity index (χ4n) is 1.36. The first-order valence-corrected chi connectivity index (χ1v) is 4.59. The summed E-state index contributed by atoms with van der Waals surface area (Å²) in [4.78, 5) is 11.9. The predicted octanol–water partition coefficient (Wildman–Crippen LogP) is 2.50. The summed E-state index contributed by atoms with van der Waals surface area (Å²) < 4.78 is 5.14. The van der Waals surface area contributed by atoms with Crippen LogP contribution >= 0.6 is 0 Å². The molecule has 0 aromatic heterocycles. The van der Waals surface area contributed by atoms with Crippen LogP contribution in [0.2, 0.25) is 0 Å². The van der Waals surface area contributed by atoms with Crippen molar-refractivity contribution in [2.45, 2.75) is 20.0 Å².